The van der Waals surface area contributed by atoms with Gasteiger partial charge in [-0.25, -0.2) is 0 Å². The van der Waals surface area contributed by atoms with Gasteiger partial charge in [-0.05, 0) is 80.5 Å². The molecule has 314 valence electrons. The largest absolute Gasteiger partial charge is 0.460 e. The second kappa shape index (κ2) is 16.6. The zero-order chi connectivity index (χ0) is 42.2. The van der Waals surface area contributed by atoms with Crippen LogP contribution in [0, 0.1) is 39.4 Å². The van der Waals surface area contributed by atoms with Crippen LogP contribution in [0.4, 0.5) is 0 Å². The zero-order valence-electron chi connectivity index (χ0n) is 35.3. The lowest BCUT2D eigenvalue weighted by atomic mass is 9.36. The van der Waals surface area contributed by atoms with Crippen molar-refractivity contribution >= 4 is 41.4 Å². The highest BCUT2D eigenvalue weighted by Crippen LogP contribution is 2.74. The molecule has 3 amide bonds. The molecule has 0 heterocycles. The van der Waals surface area contributed by atoms with Crippen molar-refractivity contribution < 1.29 is 52.9 Å². The van der Waals surface area contributed by atoms with Gasteiger partial charge < -0.3 is 35.3 Å². The number of carbonyl (C=O) groups is 7. The molecule has 0 aromatic heterocycles. The van der Waals surface area contributed by atoms with E-state index in [1.807, 2.05) is 6.92 Å². The van der Waals surface area contributed by atoms with Crippen LogP contribution in [0.5, 0.6) is 0 Å². The Morgan fingerprint density at radius 2 is 1.34 bits per heavy atom. The van der Waals surface area contributed by atoms with Crippen molar-refractivity contribution in [3.8, 4) is 0 Å². The van der Waals surface area contributed by atoms with Crippen molar-refractivity contribution in [2.24, 2.45) is 39.4 Å². The molecule has 14 nitrogen and oxygen atoms in total. The fourth-order valence-corrected chi connectivity index (χ4v) is 11.3. The highest BCUT2D eigenvalue weighted by molar-refractivity contribution is 5.85. The molecule has 56 heavy (non-hydrogen) atoms. The van der Waals surface area contributed by atoms with Crippen LogP contribution in [-0.4, -0.2) is 90.1 Å². The van der Waals surface area contributed by atoms with Crippen molar-refractivity contribution in [2.45, 2.75) is 151 Å². The number of aliphatic hydroxyl groups is 1. The van der Waals surface area contributed by atoms with Gasteiger partial charge in [0, 0.05) is 44.9 Å². The smallest absolute Gasteiger partial charge is 0.325 e. The summed E-state index contributed by atoms with van der Waals surface area (Å²) >= 11 is 0. The first-order valence-electron chi connectivity index (χ1n) is 20.1. The molecule has 0 aromatic rings. The summed E-state index contributed by atoms with van der Waals surface area (Å²) < 4.78 is 18.0. The molecule has 0 radical (unpaired) electrons. The average Bonchev–Trinajstić information content (AvgIpc) is 3.43. The van der Waals surface area contributed by atoms with Gasteiger partial charge in [0.05, 0.1) is 5.60 Å². The Morgan fingerprint density at radius 3 is 1.88 bits per heavy atom. The summed E-state index contributed by atoms with van der Waals surface area (Å²) in [4.78, 5) is 87.7. The molecule has 9 atom stereocenters. The minimum Gasteiger partial charge on any atom is -0.460 e. The molecule has 4 rings (SSSR count). The number of hydrogen-bond acceptors (Lipinski definition) is 11. The number of ketones is 1. The average molecular weight is 788 g/mol. The van der Waals surface area contributed by atoms with E-state index in [1.54, 1.807) is 0 Å². The van der Waals surface area contributed by atoms with Crippen LogP contribution in [0.25, 0.3) is 0 Å². The summed E-state index contributed by atoms with van der Waals surface area (Å²) in [5.41, 5.74) is -0.875. The number of ether oxygens (including phenoxy) is 3. The number of carbonyl (C=O) groups excluding carboxylic acids is 7. The van der Waals surface area contributed by atoms with Crippen molar-refractivity contribution in [1.29, 1.82) is 0 Å². The van der Waals surface area contributed by atoms with Crippen molar-refractivity contribution in [2.75, 3.05) is 19.6 Å². The maximum absolute atomic E-state index is 13.4. The van der Waals surface area contributed by atoms with Crippen LogP contribution in [0.15, 0.2) is 11.1 Å². The number of nitrogens with one attached hydrogen (secondary N) is 3. The first-order chi connectivity index (χ1) is 25.8. The number of rotatable bonds is 14. The Kier molecular flexibility index (Phi) is 13.3. The van der Waals surface area contributed by atoms with Crippen molar-refractivity contribution in [3.63, 3.8) is 0 Å². The molecule has 0 unspecified atom stereocenters. The van der Waals surface area contributed by atoms with Crippen LogP contribution in [0.2, 0.25) is 0 Å². The molecular formula is C42H65N3O11. The highest BCUT2D eigenvalue weighted by Gasteiger charge is 2.70. The van der Waals surface area contributed by atoms with E-state index in [0.29, 0.717) is 25.7 Å². The first-order valence-corrected chi connectivity index (χ1v) is 20.1. The zero-order valence-corrected chi connectivity index (χ0v) is 35.3. The Hall–Kier alpha value is -3.81. The third kappa shape index (κ3) is 9.00. The van der Waals surface area contributed by atoms with E-state index in [-0.39, 0.29) is 58.7 Å². The van der Waals surface area contributed by atoms with Crippen LogP contribution in [0.3, 0.4) is 0 Å². The normalized spacial score (nSPS) is 31.0. The van der Waals surface area contributed by atoms with E-state index in [9.17, 15) is 38.7 Å². The van der Waals surface area contributed by atoms with Crippen LogP contribution >= 0.6 is 0 Å². The molecule has 4 aliphatic carbocycles. The lowest BCUT2D eigenvalue weighted by molar-refractivity contribution is -0.217. The van der Waals surface area contributed by atoms with Crippen molar-refractivity contribution in [1.82, 2.24) is 16.0 Å². The predicted molar refractivity (Wildman–Crippen MR) is 205 cm³/mol. The molecule has 4 N–H and O–H groups in total. The number of allylic oxidation sites excluding steroid dienone is 1. The molecule has 14 heteroatoms. The topological polar surface area (TPSA) is 203 Å². The molecular weight excluding hydrogens is 722 g/mol. The maximum Gasteiger partial charge on any atom is 0.325 e. The van der Waals surface area contributed by atoms with Crippen LogP contribution < -0.4 is 16.0 Å². The second-order valence-corrected chi connectivity index (χ2v) is 18.7. The van der Waals surface area contributed by atoms with Gasteiger partial charge in [-0.15, -0.1) is 0 Å². The lowest BCUT2D eigenvalue weighted by Crippen LogP contribution is -2.66. The van der Waals surface area contributed by atoms with E-state index in [4.69, 9.17) is 14.2 Å². The molecule has 0 bridgehead atoms. The summed E-state index contributed by atoms with van der Waals surface area (Å²) in [6, 6.07) is 0. The number of hydrogen-bond donors (Lipinski definition) is 4. The van der Waals surface area contributed by atoms with E-state index in [2.05, 4.69) is 50.6 Å². The van der Waals surface area contributed by atoms with Crippen LogP contribution in [0.1, 0.15) is 128 Å². The fraction of sp³-hybridized carbons (Fsp3) is 0.786. The SMILES string of the molecule is CC(=O)NCC(=O)O[C@@H](C[C@@H](C)C1=C2C[C@H](OC(=O)CNC(C)=O)[C@H]3[C@@]4(C)CCC(=O)C(C)(C)[C@@H]4CC[C@]3(C)[C@@]2(C)CC1)[C@@H](OC(=O)CNC(C)=O)C(C)(C)O. The molecule has 0 aromatic carbocycles. The quantitative estimate of drug-likeness (QED) is 0.113. The third-order valence-corrected chi connectivity index (χ3v) is 14.1. The summed E-state index contributed by atoms with van der Waals surface area (Å²) in [6.45, 7) is 18.6. The highest BCUT2D eigenvalue weighted by atomic mass is 16.6. The number of amides is 3. The van der Waals surface area contributed by atoms with Gasteiger partial charge in [-0.3, -0.25) is 33.6 Å². The van der Waals surface area contributed by atoms with Crippen LogP contribution in [-0.2, 0) is 47.8 Å². The summed E-state index contributed by atoms with van der Waals surface area (Å²) in [6.07, 6.45) is 1.95. The van der Waals surface area contributed by atoms with E-state index in [0.717, 1.165) is 24.8 Å². The Morgan fingerprint density at radius 1 is 0.804 bits per heavy atom. The van der Waals surface area contributed by atoms with E-state index in [1.165, 1.54) is 40.2 Å². The Bertz CT molecular complexity index is 1630. The molecule has 0 aliphatic heterocycles. The predicted octanol–water partition coefficient (Wildman–Crippen LogP) is 3.86. The van der Waals surface area contributed by atoms with E-state index >= 15 is 0 Å². The Balaban J connectivity index is 1.77. The van der Waals surface area contributed by atoms with E-state index < -0.39 is 72.1 Å². The molecule has 0 saturated heterocycles. The monoisotopic (exact) mass is 787 g/mol. The molecule has 3 fully saturated rings. The van der Waals surface area contributed by atoms with Gasteiger partial charge in [0.2, 0.25) is 17.7 Å². The second-order valence-electron chi connectivity index (χ2n) is 18.7. The molecule has 3 saturated carbocycles. The first kappa shape index (κ1) is 44.9. The van der Waals surface area contributed by atoms with Gasteiger partial charge in [0.25, 0.3) is 0 Å². The van der Waals surface area contributed by atoms with Gasteiger partial charge >= 0.3 is 17.9 Å². The van der Waals surface area contributed by atoms with Gasteiger partial charge in [0.15, 0.2) is 6.10 Å². The fourth-order valence-electron chi connectivity index (χ4n) is 11.3. The standard InChI is InChI=1S/C42H65N3O11/c1-23(18-30(55-34(51)21-44-25(3)47)37(39(7,8)53)56-35(52)22-45-26(4)48)27-12-16-41(10)28(27)19-29(54-33(50)20-43-24(2)46)36-40(9)15-14-32(49)38(5,6)31(40)13-17-42(36,41)11/h23,29-31,36-37,53H,12-22H2,1-11H3,(H,43,46)(H,44,47)(H,45,48)/t23-,29+,30+,31+,36+,37-,40+,41+,42+/m1/s1. The minimum absolute atomic E-state index is 0.0733. The number of fused-ring (bicyclic) bond motifs is 5. The molecule has 0 spiro atoms. The van der Waals surface area contributed by atoms with Gasteiger partial charge in [0.1, 0.15) is 37.6 Å². The lowest BCUT2D eigenvalue weighted by Gasteiger charge is -2.69. The minimum atomic E-state index is -1.69. The van der Waals surface area contributed by atoms with Crippen molar-refractivity contribution in [3.05, 3.63) is 11.1 Å². The summed E-state index contributed by atoms with van der Waals surface area (Å²) in [5.74, 6) is -3.34. The summed E-state index contributed by atoms with van der Waals surface area (Å²) in [5, 5.41) is 18.7. The number of esters is 3. The summed E-state index contributed by atoms with van der Waals surface area (Å²) in [7, 11) is 0. The van der Waals surface area contributed by atoms with Gasteiger partial charge in [-0.2, -0.15) is 0 Å². The number of Topliss-reactive ketones (excluding diaryl/α,β-unsaturated/α-hetero) is 1. The Labute approximate surface area is 331 Å². The third-order valence-electron chi connectivity index (χ3n) is 14.1. The molecule has 4 aliphatic rings. The maximum atomic E-state index is 13.4. The van der Waals surface area contributed by atoms with Gasteiger partial charge in [-0.1, -0.05) is 52.7 Å².